The fourth-order valence-electron chi connectivity index (χ4n) is 4.77. The Kier molecular flexibility index (Phi) is 8.68. The summed E-state index contributed by atoms with van der Waals surface area (Å²) < 4.78 is 11.9. The van der Waals surface area contributed by atoms with Crippen LogP contribution in [-0.2, 0) is 16.0 Å². The zero-order valence-electron chi connectivity index (χ0n) is 21.0. The summed E-state index contributed by atoms with van der Waals surface area (Å²) in [6, 6.07) is 9.88. The summed E-state index contributed by atoms with van der Waals surface area (Å²) in [5, 5.41) is 4.93. The van der Waals surface area contributed by atoms with Crippen LogP contribution in [0.15, 0.2) is 35.7 Å². The van der Waals surface area contributed by atoms with Gasteiger partial charge in [-0.05, 0) is 66.8 Å². The standard InChI is InChI=1S/C27H37N3O4S/c1-4-28-27(32)29(16-22-6-5-14-33-22)17-26(31)30-13-11-25-23(12-15-35-25)24(30)18-34-21-9-7-20(8-10-21)19(2)3/h7-10,12,15,19,22,24H,4-6,11,13-14,16-18H2,1-3H3,(H,28,32)/t22-,24-/m0/s1. The minimum absolute atomic E-state index is 0.0109. The van der Waals surface area contributed by atoms with Crippen LogP contribution in [-0.4, -0.2) is 67.2 Å². The molecule has 3 amide bonds. The van der Waals surface area contributed by atoms with Crippen LogP contribution in [0.2, 0.25) is 0 Å². The number of nitrogens with one attached hydrogen (secondary N) is 1. The lowest BCUT2D eigenvalue weighted by molar-refractivity contribution is -0.135. The van der Waals surface area contributed by atoms with Crippen LogP contribution in [0.1, 0.15) is 61.6 Å². The lowest BCUT2D eigenvalue weighted by atomic mass is 10.00. The molecule has 4 rings (SSSR count). The molecule has 2 atom stereocenters. The van der Waals surface area contributed by atoms with E-state index in [1.807, 2.05) is 24.0 Å². The van der Waals surface area contributed by atoms with E-state index in [1.165, 1.54) is 10.4 Å². The van der Waals surface area contributed by atoms with Crippen LogP contribution >= 0.6 is 11.3 Å². The Balaban J connectivity index is 1.47. The molecule has 35 heavy (non-hydrogen) atoms. The molecule has 0 unspecified atom stereocenters. The number of urea groups is 1. The van der Waals surface area contributed by atoms with E-state index >= 15 is 0 Å². The number of hydrogen-bond donors (Lipinski definition) is 1. The fraction of sp³-hybridized carbons (Fsp3) is 0.556. The predicted molar refractivity (Wildman–Crippen MR) is 138 cm³/mol. The average molecular weight is 500 g/mol. The third-order valence-electron chi connectivity index (χ3n) is 6.76. The van der Waals surface area contributed by atoms with Crippen molar-refractivity contribution in [1.82, 2.24) is 15.1 Å². The maximum absolute atomic E-state index is 13.6. The Morgan fingerprint density at radius 1 is 1.26 bits per heavy atom. The first-order chi connectivity index (χ1) is 17.0. The molecule has 1 saturated heterocycles. The first kappa shape index (κ1) is 25.5. The summed E-state index contributed by atoms with van der Waals surface area (Å²) >= 11 is 1.73. The van der Waals surface area contributed by atoms with Crippen molar-refractivity contribution in [3.05, 3.63) is 51.7 Å². The largest absolute Gasteiger partial charge is 0.491 e. The fourth-order valence-corrected chi connectivity index (χ4v) is 5.70. The Bertz CT molecular complexity index is 985. The molecule has 1 aromatic heterocycles. The molecule has 1 N–H and O–H groups in total. The zero-order chi connectivity index (χ0) is 24.8. The van der Waals surface area contributed by atoms with Crippen molar-refractivity contribution in [2.45, 2.75) is 58.1 Å². The van der Waals surface area contributed by atoms with Gasteiger partial charge in [0.1, 0.15) is 18.9 Å². The quantitative estimate of drug-likeness (QED) is 0.548. The predicted octanol–water partition coefficient (Wildman–Crippen LogP) is 4.59. The van der Waals surface area contributed by atoms with Gasteiger partial charge in [0.25, 0.3) is 0 Å². The van der Waals surface area contributed by atoms with E-state index in [0.717, 1.165) is 30.6 Å². The molecule has 8 heteroatoms. The van der Waals surface area contributed by atoms with Crippen LogP contribution in [0.25, 0.3) is 0 Å². The number of carbonyl (C=O) groups excluding carboxylic acids is 2. The van der Waals surface area contributed by atoms with Crippen LogP contribution in [0.4, 0.5) is 4.79 Å². The van der Waals surface area contributed by atoms with Crippen molar-refractivity contribution in [2.24, 2.45) is 0 Å². The van der Waals surface area contributed by atoms with E-state index in [1.54, 1.807) is 16.2 Å². The van der Waals surface area contributed by atoms with E-state index in [2.05, 4.69) is 42.7 Å². The van der Waals surface area contributed by atoms with Crippen molar-refractivity contribution >= 4 is 23.3 Å². The van der Waals surface area contributed by atoms with Crippen molar-refractivity contribution < 1.29 is 19.1 Å². The molecule has 2 aliphatic rings. The molecular formula is C27H37N3O4S. The molecule has 2 aliphatic heterocycles. The van der Waals surface area contributed by atoms with Gasteiger partial charge in [-0.25, -0.2) is 4.79 Å². The number of hydrogen-bond acceptors (Lipinski definition) is 5. The number of amides is 3. The maximum Gasteiger partial charge on any atom is 0.317 e. The Morgan fingerprint density at radius 2 is 2.06 bits per heavy atom. The smallest absolute Gasteiger partial charge is 0.317 e. The van der Waals surface area contributed by atoms with E-state index in [-0.39, 0.29) is 30.6 Å². The highest BCUT2D eigenvalue weighted by atomic mass is 32.1. The lowest BCUT2D eigenvalue weighted by Crippen LogP contribution is -2.51. The van der Waals surface area contributed by atoms with Gasteiger partial charge in [0.15, 0.2) is 0 Å². The normalized spacial score (nSPS) is 19.5. The van der Waals surface area contributed by atoms with Gasteiger partial charge in [-0.15, -0.1) is 11.3 Å². The Hall–Kier alpha value is -2.58. The van der Waals surface area contributed by atoms with E-state index < -0.39 is 0 Å². The van der Waals surface area contributed by atoms with Crippen molar-refractivity contribution in [2.75, 3.05) is 39.4 Å². The highest BCUT2D eigenvalue weighted by Gasteiger charge is 2.34. The maximum atomic E-state index is 13.6. The second-order valence-electron chi connectivity index (χ2n) is 9.54. The molecule has 190 valence electrons. The summed E-state index contributed by atoms with van der Waals surface area (Å²) in [4.78, 5) is 31.1. The number of benzene rings is 1. The van der Waals surface area contributed by atoms with E-state index in [9.17, 15) is 9.59 Å². The van der Waals surface area contributed by atoms with Gasteiger partial charge in [-0.2, -0.15) is 0 Å². The van der Waals surface area contributed by atoms with Gasteiger partial charge in [0.2, 0.25) is 5.91 Å². The first-order valence-corrected chi connectivity index (χ1v) is 13.6. The van der Waals surface area contributed by atoms with Gasteiger partial charge < -0.3 is 24.6 Å². The molecule has 0 radical (unpaired) electrons. The number of thiophene rings is 1. The SMILES string of the molecule is CCNC(=O)N(CC(=O)N1CCc2sccc2[C@@H]1COc1ccc(C(C)C)cc1)C[C@@H]1CCCO1. The molecule has 3 heterocycles. The van der Waals surface area contributed by atoms with Crippen molar-refractivity contribution in [3.63, 3.8) is 0 Å². The third-order valence-corrected chi connectivity index (χ3v) is 7.76. The molecule has 0 spiro atoms. The van der Waals surface area contributed by atoms with Gasteiger partial charge in [0, 0.05) is 31.1 Å². The van der Waals surface area contributed by atoms with E-state index in [4.69, 9.17) is 9.47 Å². The molecule has 0 bridgehead atoms. The number of rotatable bonds is 9. The summed E-state index contributed by atoms with van der Waals surface area (Å²) in [6.07, 6.45) is 2.72. The van der Waals surface area contributed by atoms with Crippen LogP contribution < -0.4 is 10.1 Å². The number of carbonyl (C=O) groups is 2. The second-order valence-corrected chi connectivity index (χ2v) is 10.5. The Labute approximate surface area is 212 Å². The monoisotopic (exact) mass is 499 g/mol. The summed E-state index contributed by atoms with van der Waals surface area (Å²) in [6.45, 7) is 8.91. The number of fused-ring (bicyclic) bond motifs is 1. The summed E-state index contributed by atoms with van der Waals surface area (Å²) in [5.41, 5.74) is 2.42. The highest BCUT2D eigenvalue weighted by Crippen LogP contribution is 2.34. The second kappa shape index (κ2) is 11.9. The summed E-state index contributed by atoms with van der Waals surface area (Å²) in [5.74, 6) is 1.20. The van der Waals surface area contributed by atoms with Crippen LogP contribution in [0.5, 0.6) is 5.75 Å². The van der Waals surface area contributed by atoms with Crippen molar-refractivity contribution in [1.29, 1.82) is 0 Å². The molecular weight excluding hydrogens is 462 g/mol. The van der Waals surface area contributed by atoms with Gasteiger partial charge in [-0.1, -0.05) is 26.0 Å². The molecule has 7 nitrogen and oxygen atoms in total. The molecule has 1 aromatic carbocycles. The van der Waals surface area contributed by atoms with Crippen molar-refractivity contribution in [3.8, 4) is 5.75 Å². The Morgan fingerprint density at radius 3 is 2.74 bits per heavy atom. The first-order valence-electron chi connectivity index (χ1n) is 12.7. The van der Waals surface area contributed by atoms with Gasteiger partial charge in [-0.3, -0.25) is 4.79 Å². The van der Waals surface area contributed by atoms with Gasteiger partial charge >= 0.3 is 6.03 Å². The molecule has 1 fully saturated rings. The minimum atomic E-state index is -0.220. The zero-order valence-corrected chi connectivity index (χ0v) is 21.8. The third kappa shape index (κ3) is 6.35. The van der Waals surface area contributed by atoms with Crippen LogP contribution in [0, 0.1) is 0 Å². The van der Waals surface area contributed by atoms with E-state index in [0.29, 0.717) is 38.8 Å². The molecule has 2 aromatic rings. The topological polar surface area (TPSA) is 71.1 Å². The minimum Gasteiger partial charge on any atom is -0.491 e. The lowest BCUT2D eigenvalue weighted by Gasteiger charge is -2.37. The van der Waals surface area contributed by atoms with Gasteiger partial charge in [0.05, 0.1) is 12.1 Å². The number of ether oxygens (including phenoxy) is 2. The highest BCUT2D eigenvalue weighted by molar-refractivity contribution is 7.10. The number of nitrogens with zero attached hydrogens (tertiary/aromatic N) is 2. The summed E-state index contributed by atoms with van der Waals surface area (Å²) in [7, 11) is 0. The molecule has 0 saturated carbocycles. The average Bonchev–Trinajstić information content (AvgIpc) is 3.54. The van der Waals surface area contributed by atoms with Crippen LogP contribution in [0.3, 0.4) is 0 Å². The molecule has 0 aliphatic carbocycles.